The van der Waals surface area contributed by atoms with E-state index in [0.29, 0.717) is 34.2 Å². The summed E-state index contributed by atoms with van der Waals surface area (Å²) in [6.07, 6.45) is 0.732. The Morgan fingerprint density at radius 3 is 2.74 bits per heavy atom. The zero-order chi connectivity index (χ0) is 13.4. The largest absolute Gasteiger partial charge is 0.376 e. The summed E-state index contributed by atoms with van der Waals surface area (Å²) in [7, 11) is 0. The number of hydrogen-bond donors (Lipinski definition) is 0. The van der Waals surface area contributed by atoms with Gasteiger partial charge in [-0.1, -0.05) is 34.8 Å². The molecule has 1 aromatic carbocycles. The molecular formula is C13H9Cl3N2O. The zero-order valence-corrected chi connectivity index (χ0v) is 12.1. The van der Waals surface area contributed by atoms with Crippen LogP contribution >= 0.6 is 34.8 Å². The fourth-order valence-electron chi connectivity index (χ4n) is 1.98. The fraction of sp³-hybridized carbons (Fsp3) is 0.231. The second kappa shape index (κ2) is 5.25. The van der Waals surface area contributed by atoms with Gasteiger partial charge in [-0.25, -0.2) is 9.97 Å². The van der Waals surface area contributed by atoms with Crippen LogP contribution in [0.15, 0.2) is 18.2 Å². The van der Waals surface area contributed by atoms with E-state index in [2.05, 4.69) is 9.97 Å². The standard InChI is InChI=1S/C13H9Cl3N2O/c14-7-1-2-8(10(15)5-7)13-17-11-3-4-19-6-9(11)12(16)18-13/h1-2,5H,3-4,6H2. The second-order valence-electron chi connectivity index (χ2n) is 4.19. The highest BCUT2D eigenvalue weighted by Gasteiger charge is 2.18. The van der Waals surface area contributed by atoms with Gasteiger partial charge in [0.2, 0.25) is 0 Å². The molecule has 98 valence electrons. The molecule has 0 amide bonds. The third kappa shape index (κ3) is 2.56. The van der Waals surface area contributed by atoms with Gasteiger partial charge < -0.3 is 4.74 Å². The van der Waals surface area contributed by atoms with Gasteiger partial charge in [0.25, 0.3) is 0 Å². The number of halogens is 3. The summed E-state index contributed by atoms with van der Waals surface area (Å²) in [4.78, 5) is 8.83. The SMILES string of the molecule is Clc1ccc(-c2nc(Cl)c3c(n2)CCOC3)c(Cl)c1. The van der Waals surface area contributed by atoms with E-state index in [1.54, 1.807) is 18.2 Å². The highest BCUT2D eigenvalue weighted by Crippen LogP contribution is 2.31. The van der Waals surface area contributed by atoms with Crippen molar-refractivity contribution in [3.63, 3.8) is 0 Å². The Labute approximate surface area is 125 Å². The van der Waals surface area contributed by atoms with E-state index in [0.717, 1.165) is 23.2 Å². The molecule has 0 radical (unpaired) electrons. The monoisotopic (exact) mass is 314 g/mol. The van der Waals surface area contributed by atoms with Gasteiger partial charge in [0.15, 0.2) is 5.82 Å². The molecule has 0 unspecified atom stereocenters. The molecule has 1 aliphatic heterocycles. The first-order valence-electron chi connectivity index (χ1n) is 5.73. The van der Waals surface area contributed by atoms with E-state index in [9.17, 15) is 0 Å². The van der Waals surface area contributed by atoms with E-state index in [1.807, 2.05) is 0 Å². The Morgan fingerprint density at radius 2 is 1.95 bits per heavy atom. The normalized spacial score (nSPS) is 14.3. The van der Waals surface area contributed by atoms with Crippen molar-refractivity contribution in [1.29, 1.82) is 0 Å². The number of rotatable bonds is 1. The molecule has 2 heterocycles. The maximum Gasteiger partial charge on any atom is 0.162 e. The quantitative estimate of drug-likeness (QED) is 0.741. The molecule has 3 nitrogen and oxygen atoms in total. The van der Waals surface area contributed by atoms with Crippen molar-refractivity contribution in [3.8, 4) is 11.4 Å². The summed E-state index contributed by atoms with van der Waals surface area (Å²) in [5.74, 6) is 0.521. The van der Waals surface area contributed by atoms with Crippen LogP contribution in [-0.2, 0) is 17.8 Å². The molecule has 2 aromatic rings. The predicted octanol–water partition coefficient (Wildman–Crippen LogP) is 4.18. The molecule has 3 rings (SSSR count). The van der Waals surface area contributed by atoms with Gasteiger partial charge in [-0.05, 0) is 18.2 Å². The van der Waals surface area contributed by atoms with Gasteiger partial charge in [-0.3, -0.25) is 0 Å². The Hall–Kier alpha value is -0.870. The molecule has 1 aromatic heterocycles. The van der Waals surface area contributed by atoms with Crippen LogP contribution in [0, 0.1) is 0 Å². The van der Waals surface area contributed by atoms with E-state index in [4.69, 9.17) is 39.5 Å². The van der Waals surface area contributed by atoms with Gasteiger partial charge in [-0.15, -0.1) is 0 Å². The van der Waals surface area contributed by atoms with Gasteiger partial charge in [0.1, 0.15) is 5.15 Å². The first-order valence-corrected chi connectivity index (χ1v) is 6.87. The number of nitrogens with zero attached hydrogens (tertiary/aromatic N) is 2. The number of benzene rings is 1. The predicted molar refractivity (Wildman–Crippen MR) is 75.9 cm³/mol. The van der Waals surface area contributed by atoms with E-state index >= 15 is 0 Å². The van der Waals surface area contributed by atoms with Crippen molar-refractivity contribution in [1.82, 2.24) is 9.97 Å². The lowest BCUT2D eigenvalue weighted by molar-refractivity contribution is 0.109. The maximum atomic E-state index is 6.18. The van der Waals surface area contributed by atoms with Crippen LogP contribution in [0.5, 0.6) is 0 Å². The van der Waals surface area contributed by atoms with Crippen LogP contribution in [0.1, 0.15) is 11.3 Å². The lowest BCUT2D eigenvalue weighted by Crippen LogP contribution is -2.14. The van der Waals surface area contributed by atoms with Crippen molar-refractivity contribution in [2.24, 2.45) is 0 Å². The average Bonchev–Trinajstić information content (AvgIpc) is 2.38. The summed E-state index contributed by atoms with van der Waals surface area (Å²) < 4.78 is 5.35. The molecular weight excluding hydrogens is 307 g/mol. The lowest BCUT2D eigenvalue weighted by atomic mass is 10.1. The minimum Gasteiger partial charge on any atom is -0.376 e. The molecule has 0 aliphatic carbocycles. The molecule has 0 saturated heterocycles. The Bertz CT molecular complexity index is 646. The van der Waals surface area contributed by atoms with Crippen molar-refractivity contribution in [2.45, 2.75) is 13.0 Å². The summed E-state index contributed by atoms with van der Waals surface area (Å²) >= 11 is 18.2. The van der Waals surface area contributed by atoms with Crippen LogP contribution in [-0.4, -0.2) is 16.6 Å². The highest BCUT2D eigenvalue weighted by molar-refractivity contribution is 6.36. The van der Waals surface area contributed by atoms with Crippen molar-refractivity contribution < 1.29 is 4.74 Å². The Balaban J connectivity index is 2.13. The van der Waals surface area contributed by atoms with E-state index < -0.39 is 0 Å². The van der Waals surface area contributed by atoms with E-state index in [1.165, 1.54) is 0 Å². The second-order valence-corrected chi connectivity index (χ2v) is 5.39. The molecule has 0 atom stereocenters. The Morgan fingerprint density at radius 1 is 1.11 bits per heavy atom. The number of hydrogen-bond acceptors (Lipinski definition) is 3. The van der Waals surface area contributed by atoms with Crippen molar-refractivity contribution >= 4 is 34.8 Å². The van der Waals surface area contributed by atoms with Gasteiger partial charge in [-0.2, -0.15) is 0 Å². The first kappa shape index (κ1) is 13.1. The molecule has 0 bridgehead atoms. The summed E-state index contributed by atoms with van der Waals surface area (Å²) in [6.45, 7) is 1.11. The minimum absolute atomic E-state index is 0.422. The van der Waals surface area contributed by atoms with Crippen molar-refractivity contribution in [2.75, 3.05) is 6.61 Å². The molecule has 0 spiro atoms. The molecule has 0 fully saturated rings. The third-order valence-electron chi connectivity index (χ3n) is 2.94. The lowest BCUT2D eigenvalue weighted by Gasteiger charge is -2.17. The topological polar surface area (TPSA) is 35.0 Å². The molecule has 19 heavy (non-hydrogen) atoms. The Kier molecular flexibility index (Phi) is 3.63. The number of aromatic nitrogens is 2. The summed E-state index contributed by atoms with van der Waals surface area (Å²) in [6, 6.07) is 5.21. The smallest absolute Gasteiger partial charge is 0.162 e. The number of fused-ring (bicyclic) bond motifs is 1. The summed E-state index contributed by atoms with van der Waals surface area (Å²) in [5, 5.41) is 1.51. The van der Waals surface area contributed by atoms with Gasteiger partial charge in [0, 0.05) is 22.6 Å². The van der Waals surface area contributed by atoms with Gasteiger partial charge >= 0.3 is 0 Å². The van der Waals surface area contributed by atoms with Crippen LogP contribution in [0.3, 0.4) is 0 Å². The fourth-order valence-corrected chi connectivity index (χ4v) is 2.72. The summed E-state index contributed by atoms with van der Waals surface area (Å²) in [5.41, 5.74) is 2.51. The zero-order valence-electron chi connectivity index (χ0n) is 9.79. The van der Waals surface area contributed by atoms with Crippen molar-refractivity contribution in [3.05, 3.63) is 44.7 Å². The highest BCUT2D eigenvalue weighted by atomic mass is 35.5. The van der Waals surface area contributed by atoms with Crippen LogP contribution in [0.25, 0.3) is 11.4 Å². The maximum absolute atomic E-state index is 6.18. The van der Waals surface area contributed by atoms with Gasteiger partial charge in [0.05, 0.1) is 23.9 Å². The minimum atomic E-state index is 0.422. The average molecular weight is 316 g/mol. The molecule has 1 aliphatic rings. The third-order valence-corrected chi connectivity index (χ3v) is 3.80. The molecule has 6 heteroatoms. The van der Waals surface area contributed by atoms with Crippen LogP contribution < -0.4 is 0 Å². The van der Waals surface area contributed by atoms with Crippen LogP contribution in [0.4, 0.5) is 0 Å². The molecule has 0 saturated carbocycles. The van der Waals surface area contributed by atoms with Crippen LogP contribution in [0.2, 0.25) is 15.2 Å². The first-order chi connectivity index (χ1) is 9.15. The number of ether oxygens (including phenoxy) is 1. The molecule has 0 N–H and O–H groups in total. The van der Waals surface area contributed by atoms with E-state index in [-0.39, 0.29) is 0 Å².